The van der Waals surface area contributed by atoms with E-state index in [4.69, 9.17) is 0 Å². The van der Waals surface area contributed by atoms with Gasteiger partial charge in [-0.15, -0.1) is 18.3 Å². The number of urea groups is 1. The van der Waals surface area contributed by atoms with E-state index in [1.807, 2.05) is 20.8 Å². The van der Waals surface area contributed by atoms with Gasteiger partial charge in [0.15, 0.2) is 0 Å². The van der Waals surface area contributed by atoms with Gasteiger partial charge in [0.1, 0.15) is 6.04 Å². The third-order valence-electron chi connectivity index (χ3n) is 3.11. The van der Waals surface area contributed by atoms with Crippen molar-refractivity contribution in [1.82, 2.24) is 9.80 Å². The number of likely N-dealkylation sites (N-methyl/N-ethyl adjacent to an activating group) is 1. The molecule has 1 N–H and O–H groups in total. The molecule has 0 aromatic carbocycles. The van der Waals surface area contributed by atoms with E-state index in [1.165, 1.54) is 4.90 Å². The van der Waals surface area contributed by atoms with Crippen LogP contribution in [0.1, 0.15) is 20.8 Å². The van der Waals surface area contributed by atoms with Crippen LogP contribution in [0.2, 0.25) is 0 Å². The van der Waals surface area contributed by atoms with Crippen LogP contribution in [0.25, 0.3) is 0 Å². The van der Waals surface area contributed by atoms with Crippen molar-refractivity contribution in [1.29, 1.82) is 0 Å². The average molecular weight is 286 g/mol. The molecule has 0 bridgehead atoms. The minimum Gasteiger partial charge on any atom is -0.480 e. The van der Waals surface area contributed by atoms with Crippen LogP contribution in [0.5, 0.6) is 0 Å². The van der Waals surface area contributed by atoms with Gasteiger partial charge in [0.2, 0.25) is 0 Å². The number of aliphatic carboxylic acids is 1. The van der Waals surface area contributed by atoms with E-state index in [2.05, 4.69) is 6.58 Å². The Morgan fingerprint density at radius 3 is 2.63 bits per heavy atom. The number of nitrogens with zero attached hydrogens (tertiary/aromatic N) is 2. The lowest BCUT2D eigenvalue weighted by molar-refractivity contribution is -0.141. The number of carbonyl (C=O) groups is 2. The van der Waals surface area contributed by atoms with Crippen LogP contribution in [-0.4, -0.2) is 57.2 Å². The van der Waals surface area contributed by atoms with Crippen LogP contribution in [0.15, 0.2) is 12.7 Å². The van der Waals surface area contributed by atoms with Crippen molar-refractivity contribution in [3.05, 3.63) is 12.7 Å². The summed E-state index contributed by atoms with van der Waals surface area (Å²) in [6.07, 6.45) is 1.66. The van der Waals surface area contributed by atoms with Crippen molar-refractivity contribution in [3.63, 3.8) is 0 Å². The number of carboxylic acids is 1. The summed E-state index contributed by atoms with van der Waals surface area (Å²) in [4.78, 5) is 27.0. The fraction of sp³-hybridized carbons (Fsp3) is 0.692. The zero-order valence-corrected chi connectivity index (χ0v) is 12.5. The first-order chi connectivity index (χ1) is 8.93. The molecule has 1 saturated heterocycles. The number of amides is 2. The van der Waals surface area contributed by atoms with Crippen LogP contribution in [0.3, 0.4) is 0 Å². The Balaban J connectivity index is 2.97. The molecule has 2 amide bonds. The summed E-state index contributed by atoms with van der Waals surface area (Å²) < 4.78 is 0. The molecule has 2 unspecified atom stereocenters. The first kappa shape index (κ1) is 15.9. The molecule has 1 aliphatic heterocycles. The Morgan fingerprint density at radius 1 is 1.58 bits per heavy atom. The molecule has 5 nitrogen and oxygen atoms in total. The maximum atomic E-state index is 12.5. The minimum absolute atomic E-state index is 0.0764. The monoisotopic (exact) mass is 286 g/mol. The van der Waals surface area contributed by atoms with Gasteiger partial charge in [-0.25, -0.2) is 9.59 Å². The van der Waals surface area contributed by atoms with Crippen molar-refractivity contribution in [2.75, 3.05) is 18.8 Å². The van der Waals surface area contributed by atoms with Crippen LogP contribution >= 0.6 is 11.8 Å². The minimum atomic E-state index is -0.932. The summed E-state index contributed by atoms with van der Waals surface area (Å²) in [6.45, 7) is 10.5. The molecule has 1 heterocycles. The Kier molecular flexibility index (Phi) is 5.72. The van der Waals surface area contributed by atoms with Crippen molar-refractivity contribution in [2.24, 2.45) is 5.92 Å². The van der Waals surface area contributed by atoms with Crippen LogP contribution in [-0.2, 0) is 4.79 Å². The lowest BCUT2D eigenvalue weighted by Crippen LogP contribution is -2.52. The average Bonchev–Trinajstić information content (AvgIpc) is 2.79. The first-order valence-corrected chi connectivity index (χ1v) is 7.51. The molecule has 108 valence electrons. The normalized spacial score (nSPS) is 22.6. The van der Waals surface area contributed by atoms with Crippen molar-refractivity contribution in [3.8, 4) is 0 Å². The fourth-order valence-corrected chi connectivity index (χ4v) is 3.60. The lowest BCUT2D eigenvalue weighted by atomic mass is 10.1. The summed E-state index contributed by atoms with van der Waals surface area (Å²) in [5.74, 6) is -0.255. The molecular formula is C13H22N2O3S. The maximum absolute atomic E-state index is 12.5. The van der Waals surface area contributed by atoms with Gasteiger partial charge in [-0.2, -0.15) is 0 Å². The highest BCUT2D eigenvalue weighted by molar-refractivity contribution is 8.00. The predicted octanol–water partition coefficient (Wildman–Crippen LogP) is 2.10. The van der Waals surface area contributed by atoms with E-state index >= 15 is 0 Å². The van der Waals surface area contributed by atoms with Gasteiger partial charge in [0.05, 0.1) is 5.37 Å². The number of rotatable bonds is 5. The first-order valence-electron chi connectivity index (χ1n) is 6.46. The topological polar surface area (TPSA) is 60.9 Å². The summed E-state index contributed by atoms with van der Waals surface area (Å²) in [7, 11) is 0. The van der Waals surface area contributed by atoms with Gasteiger partial charge < -0.3 is 10.0 Å². The number of hydrogen-bond acceptors (Lipinski definition) is 3. The number of carbonyl (C=O) groups excluding carboxylic acids is 1. The predicted molar refractivity (Wildman–Crippen MR) is 77.2 cm³/mol. The molecular weight excluding hydrogens is 264 g/mol. The summed E-state index contributed by atoms with van der Waals surface area (Å²) in [5, 5.41) is 9.19. The van der Waals surface area contributed by atoms with E-state index in [0.29, 0.717) is 18.8 Å². The molecule has 0 aromatic heterocycles. The van der Waals surface area contributed by atoms with Crippen molar-refractivity contribution >= 4 is 23.8 Å². The zero-order chi connectivity index (χ0) is 14.6. The van der Waals surface area contributed by atoms with E-state index in [-0.39, 0.29) is 17.3 Å². The van der Waals surface area contributed by atoms with Gasteiger partial charge in [-0.05, 0) is 12.8 Å². The highest BCUT2D eigenvalue weighted by atomic mass is 32.2. The van der Waals surface area contributed by atoms with E-state index in [0.717, 1.165) is 0 Å². The quantitative estimate of drug-likeness (QED) is 0.786. The largest absolute Gasteiger partial charge is 0.480 e. The standard InChI is InChI=1S/C13H22N2O3S/c1-5-7-14(6-2)13(18)15-10(12(16)17)8-19-11(15)9(3)4/h5,9-11H,1,6-8H2,2-4H3,(H,16,17). The number of hydrogen-bond donors (Lipinski definition) is 1. The van der Waals surface area contributed by atoms with Gasteiger partial charge in [-0.1, -0.05) is 19.9 Å². The lowest BCUT2D eigenvalue weighted by Gasteiger charge is -2.34. The molecule has 1 aliphatic rings. The van der Waals surface area contributed by atoms with E-state index in [9.17, 15) is 14.7 Å². The highest BCUT2D eigenvalue weighted by Gasteiger charge is 2.44. The van der Waals surface area contributed by atoms with E-state index in [1.54, 1.807) is 22.7 Å². The molecule has 2 atom stereocenters. The second-order valence-electron chi connectivity index (χ2n) is 4.84. The molecule has 1 rings (SSSR count). The molecule has 0 saturated carbocycles. The maximum Gasteiger partial charge on any atom is 0.327 e. The smallest absolute Gasteiger partial charge is 0.327 e. The summed E-state index contributed by atoms with van der Waals surface area (Å²) in [6, 6.07) is -0.942. The number of thioether (sulfide) groups is 1. The Hall–Kier alpha value is -1.17. The van der Waals surface area contributed by atoms with Gasteiger partial charge in [0.25, 0.3) is 0 Å². The molecule has 19 heavy (non-hydrogen) atoms. The fourth-order valence-electron chi connectivity index (χ4n) is 2.14. The molecule has 0 aromatic rings. The third-order valence-corrected chi connectivity index (χ3v) is 4.73. The van der Waals surface area contributed by atoms with Crippen molar-refractivity contribution in [2.45, 2.75) is 32.2 Å². The Labute approximate surface area is 118 Å². The molecule has 1 fully saturated rings. The molecule has 0 radical (unpaired) electrons. The Morgan fingerprint density at radius 2 is 2.21 bits per heavy atom. The van der Waals surface area contributed by atoms with Crippen LogP contribution < -0.4 is 0 Å². The molecule has 0 spiro atoms. The molecule has 6 heteroatoms. The van der Waals surface area contributed by atoms with E-state index < -0.39 is 12.0 Å². The Bertz CT molecular complexity index is 360. The van der Waals surface area contributed by atoms with Crippen LogP contribution in [0.4, 0.5) is 4.79 Å². The third kappa shape index (κ3) is 3.43. The van der Waals surface area contributed by atoms with Crippen molar-refractivity contribution < 1.29 is 14.7 Å². The second kappa shape index (κ2) is 6.84. The SMILES string of the molecule is C=CCN(CC)C(=O)N1C(C(=O)O)CSC1C(C)C. The van der Waals surface area contributed by atoms with Crippen LogP contribution in [0, 0.1) is 5.92 Å². The second-order valence-corrected chi connectivity index (χ2v) is 5.99. The highest BCUT2D eigenvalue weighted by Crippen LogP contribution is 2.34. The zero-order valence-electron chi connectivity index (χ0n) is 11.7. The summed E-state index contributed by atoms with van der Waals surface area (Å²) in [5.41, 5.74) is 0. The summed E-state index contributed by atoms with van der Waals surface area (Å²) >= 11 is 1.54. The van der Waals surface area contributed by atoms with Gasteiger partial charge in [0, 0.05) is 18.8 Å². The van der Waals surface area contributed by atoms with Gasteiger partial charge >= 0.3 is 12.0 Å². The molecule has 0 aliphatic carbocycles. The number of carboxylic acid groups (broad SMARTS) is 1. The van der Waals surface area contributed by atoms with Gasteiger partial charge in [-0.3, -0.25) is 4.90 Å².